The molecule has 0 saturated carbocycles. The maximum atomic E-state index is 5.55. The highest BCUT2D eigenvalue weighted by molar-refractivity contribution is 7.15. The average molecular weight is 213 g/mol. The summed E-state index contributed by atoms with van der Waals surface area (Å²) in [6, 6.07) is 0.553. The molecule has 3 nitrogen and oxygen atoms in total. The summed E-state index contributed by atoms with van der Waals surface area (Å²) in [5.41, 5.74) is 5.55. The molecule has 0 spiro atoms. The first-order chi connectivity index (χ1) is 6.69. The lowest BCUT2D eigenvalue weighted by molar-refractivity contribution is 0.615. The fraction of sp³-hybridized carbons (Fsp3) is 0.700. The second kappa shape index (κ2) is 5.32. The highest BCUT2D eigenvalue weighted by Crippen LogP contribution is 2.23. The van der Waals surface area contributed by atoms with E-state index < -0.39 is 0 Å². The number of rotatable bonds is 5. The molecule has 1 aromatic rings. The van der Waals surface area contributed by atoms with Crippen LogP contribution in [0.15, 0.2) is 6.20 Å². The van der Waals surface area contributed by atoms with Gasteiger partial charge in [0.25, 0.3) is 0 Å². The lowest BCUT2D eigenvalue weighted by atomic mass is 10.2. The zero-order valence-electron chi connectivity index (χ0n) is 9.16. The molecule has 1 rings (SSSR count). The SMILES string of the molecule is CCCC(C)N(C)c1ncc(CN)s1. The van der Waals surface area contributed by atoms with Crippen LogP contribution in [0.1, 0.15) is 31.6 Å². The summed E-state index contributed by atoms with van der Waals surface area (Å²) < 4.78 is 0. The average Bonchev–Trinajstić information content (AvgIpc) is 2.65. The number of thiazole rings is 1. The van der Waals surface area contributed by atoms with Gasteiger partial charge in [0, 0.05) is 30.7 Å². The standard InChI is InChI=1S/C10H19N3S/c1-4-5-8(2)13(3)10-12-7-9(6-11)14-10/h7-8H,4-6,11H2,1-3H3. The minimum absolute atomic E-state index is 0.553. The summed E-state index contributed by atoms with van der Waals surface area (Å²) in [5.74, 6) is 0. The van der Waals surface area contributed by atoms with Gasteiger partial charge in [-0.15, -0.1) is 11.3 Å². The third-order valence-electron chi connectivity index (χ3n) is 2.41. The first-order valence-corrected chi connectivity index (χ1v) is 5.88. The quantitative estimate of drug-likeness (QED) is 0.815. The molecular weight excluding hydrogens is 194 g/mol. The lowest BCUT2D eigenvalue weighted by Crippen LogP contribution is -2.28. The summed E-state index contributed by atoms with van der Waals surface area (Å²) in [6.07, 6.45) is 4.28. The Labute approximate surface area is 89.9 Å². The Kier molecular flexibility index (Phi) is 4.35. The van der Waals surface area contributed by atoms with Crippen LogP contribution in [-0.2, 0) is 6.54 Å². The van der Waals surface area contributed by atoms with Crippen molar-refractivity contribution >= 4 is 16.5 Å². The van der Waals surface area contributed by atoms with Gasteiger partial charge in [-0.1, -0.05) is 13.3 Å². The van der Waals surface area contributed by atoms with E-state index in [1.54, 1.807) is 11.3 Å². The van der Waals surface area contributed by atoms with Crippen LogP contribution in [0.5, 0.6) is 0 Å². The minimum Gasteiger partial charge on any atom is -0.348 e. The number of nitrogens with two attached hydrogens (primary N) is 1. The zero-order chi connectivity index (χ0) is 10.6. The van der Waals surface area contributed by atoms with Gasteiger partial charge >= 0.3 is 0 Å². The van der Waals surface area contributed by atoms with E-state index in [1.807, 2.05) is 6.20 Å². The number of aromatic nitrogens is 1. The van der Waals surface area contributed by atoms with Crippen LogP contribution >= 0.6 is 11.3 Å². The maximum absolute atomic E-state index is 5.55. The topological polar surface area (TPSA) is 42.2 Å². The van der Waals surface area contributed by atoms with Crippen LogP contribution in [0.2, 0.25) is 0 Å². The molecule has 1 heterocycles. The van der Waals surface area contributed by atoms with Crippen molar-refractivity contribution in [3.8, 4) is 0 Å². The molecule has 0 aliphatic carbocycles. The van der Waals surface area contributed by atoms with Crippen molar-refractivity contribution < 1.29 is 0 Å². The minimum atomic E-state index is 0.553. The molecule has 0 bridgehead atoms. The Morgan fingerprint density at radius 3 is 2.86 bits per heavy atom. The first-order valence-electron chi connectivity index (χ1n) is 5.06. The van der Waals surface area contributed by atoms with Crippen molar-refractivity contribution in [2.75, 3.05) is 11.9 Å². The second-order valence-corrected chi connectivity index (χ2v) is 4.66. The molecule has 0 aromatic carbocycles. The highest BCUT2D eigenvalue weighted by Gasteiger charge is 2.12. The Morgan fingerprint density at radius 2 is 2.36 bits per heavy atom. The molecular formula is C10H19N3S. The van der Waals surface area contributed by atoms with Crippen LogP contribution in [0.3, 0.4) is 0 Å². The molecule has 0 aliphatic heterocycles. The fourth-order valence-corrected chi connectivity index (χ4v) is 2.21. The highest BCUT2D eigenvalue weighted by atomic mass is 32.1. The van der Waals surface area contributed by atoms with Crippen LogP contribution < -0.4 is 10.6 Å². The normalized spacial score (nSPS) is 12.9. The molecule has 4 heteroatoms. The van der Waals surface area contributed by atoms with Crippen molar-refractivity contribution in [3.63, 3.8) is 0 Å². The second-order valence-electron chi connectivity index (χ2n) is 3.56. The summed E-state index contributed by atoms with van der Waals surface area (Å²) in [4.78, 5) is 7.73. The molecule has 1 atom stereocenters. The number of hydrogen-bond acceptors (Lipinski definition) is 4. The van der Waals surface area contributed by atoms with Crippen molar-refractivity contribution in [2.45, 2.75) is 39.3 Å². The van der Waals surface area contributed by atoms with Gasteiger partial charge in [-0.3, -0.25) is 0 Å². The Morgan fingerprint density at radius 1 is 1.64 bits per heavy atom. The fourth-order valence-electron chi connectivity index (χ4n) is 1.35. The zero-order valence-corrected chi connectivity index (χ0v) is 9.97. The molecule has 0 fully saturated rings. The summed E-state index contributed by atoms with van der Waals surface area (Å²) in [6.45, 7) is 5.03. The van der Waals surface area contributed by atoms with Gasteiger partial charge in [-0.25, -0.2) is 4.98 Å². The van der Waals surface area contributed by atoms with Gasteiger partial charge in [-0.05, 0) is 13.3 Å². The van der Waals surface area contributed by atoms with E-state index in [2.05, 4.69) is 30.8 Å². The van der Waals surface area contributed by atoms with Gasteiger partial charge in [0.05, 0.1) is 0 Å². The summed E-state index contributed by atoms with van der Waals surface area (Å²) in [7, 11) is 2.10. The monoisotopic (exact) mass is 213 g/mol. The predicted molar refractivity (Wildman–Crippen MR) is 62.8 cm³/mol. The Hall–Kier alpha value is -0.610. The van der Waals surface area contributed by atoms with Gasteiger partial charge in [-0.2, -0.15) is 0 Å². The Balaban J connectivity index is 2.63. The van der Waals surface area contributed by atoms with Crippen molar-refractivity contribution in [2.24, 2.45) is 5.73 Å². The first kappa shape index (κ1) is 11.5. The van der Waals surface area contributed by atoms with Gasteiger partial charge in [0.2, 0.25) is 0 Å². The third-order valence-corrected chi connectivity index (χ3v) is 3.52. The number of hydrogen-bond donors (Lipinski definition) is 1. The molecule has 1 unspecified atom stereocenters. The van der Waals surface area contributed by atoms with Gasteiger partial charge in [0.1, 0.15) is 0 Å². The van der Waals surface area contributed by atoms with E-state index in [-0.39, 0.29) is 0 Å². The largest absolute Gasteiger partial charge is 0.348 e. The van der Waals surface area contributed by atoms with Crippen LogP contribution in [0, 0.1) is 0 Å². The molecule has 0 radical (unpaired) electrons. The molecule has 0 saturated heterocycles. The van der Waals surface area contributed by atoms with E-state index in [1.165, 1.54) is 12.8 Å². The third kappa shape index (κ3) is 2.69. The van der Waals surface area contributed by atoms with Gasteiger partial charge in [0.15, 0.2) is 5.13 Å². The van der Waals surface area contributed by atoms with Crippen molar-refractivity contribution in [3.05, 3.63) is 11.1 Å². The van der Waals surface area contributed by atoms with Crippen LogP contribution in [0.4, 0.5) is 5.13 Å². The maximum Gasteiger partial charge on any atom is 0.185 e. The predicted octanol–water partition coefficient (Wildman–Crippen LogP) is 2.23. The van der Waals surface area contributed by atoms with E-state index in [9.17, 15) is 0 Å². The molecule has 2 N–H and O–H groups in total. The Bertz CT molecular complexity index is 272. The van der Waals surface area contributed by atoms with Gasteiger partial charge < -0.3 is 10.6 Å². The molecule has 1 aromatic heterocycles. The number of nitrogens with zero attached hydrogens (tertiary/aromatic N) is 2. The van der Waals surface area contributed by atoms with E-state index in [0.717, 1.165) is 10.0 Å². The molecule has 0 amide bonds. The lowest BCUT2D eigenvalue weighted by Gasteiger charge is -2.23. The molecule has 14 heavy (non-hydrogen) atoms. The molecule has 0 aliphatic rings. The number of anilines is 1. The summed E-state index contributed by atoms with van der Waals surface area (Å²) >= 11 is 1.68. The van der Waals surface area contributed by atoms with Crippen LogP contribution in [0.25, 0.3) is 0 Å². The van der Waals surface area contributed by atoms with Crippen molar-refractivity contribution in [1.29, 1.82) is 0 Å². The summed E-state index contributed by atoms with van der Waals surface area (Å²) in [5, 5.41) is 1.08. The van der Waals surface area contributed by atoms with E-state index in [4.69, 9.17) is 5.73 Å². The smallest absolute Gasteiger partial charge is 0.185 e. The van der Waals surface area contributed by atoms with E-state index >= 15 is 0 Å². The molecule has 80 valence electrons. The van der Waals surface area contributed by atoms with Crippen LogP contribution in [-0.4, -0.2) is 18.1 Å². The van der Waals surface area contributed by atoms with Crippen molar-refractivity contribution in [1.82, 2.24) is 4.98 Å². The van der Waals surface area contributed by atoms with E-state index in [0.29, 0.717) is 12.6 Å².